The number of hydrogen-bond acceptors (Lipinski definition) is 6. The Bertz CT molecular complexity index is 1000. The SMILES string of the molecule is Cc1ccccc1OCC(=O)Nc1ccc(Nc2cc(N3CCCC3)cnn2)cc1. The van der Waals surface area contributed by atoms with Crippen molar-refractivity contribution in [1.29, 1.82) is 0 Å². The average molecular weight is 403 g/mol. The largest absolute Gasteiger partial charge is 0.483 e. The van der Waals surface area contributed by atoms with Crippen LogP contribution in [0.25, 0.3) is 0 Å². The lowest BCUT2D eigenvalue weighted by molar-refractivity contribution is -0.118. The molecule has 0 unspecified atom stereocenters. The fourth-order valence-electron chi connectivity index (χ4n) is 3.41. The molecule has 2 heterocycles. The number of anilines is 4. The van der Waals surface area contributed by atoms with Gasteiger partial charge in [-0.05, 0) is 55.7 Å². The monoisotopic (exact) mass is 403 g/mol. The fraction of sp³-hybridized carbons (Fsp3) is 0.261. The van der Waals surface area contributed by atoms with Crippen LogP contribution in [-0.4, -0.2) is 35.8 Å². The molecule has 1 aliphatic rings. The van der Waals surface area contributed by atoms with Gasteiger partial charge in [-0.25, -0.2) is 0 Å². The lowest BCUT2D eigenvalue weighted by Gasteiger charge is -2.17. The second-order valence-corrected chi connectivity index (χ2v) is 7.30. The molecule has 0 radical (unpaired) electrons. The van der Waals surface area contributed by atoms with Crippen LogP contribution in [0.5, 0.6) is 5.75 Å². The van der Waals surface area contributed by atoms with Crippen molar-refractivity contribution in [2.75, 3.05) is 35.2 Å². The lowest BCUT2D eigenvalue weighted by Crippen LogP contribution is -2.20. The third kappa shape index (κ3) is 5.05. The Morgan fingerprint density at radius 2 is 1.80 bits per heavy atom. The summed E-state index contributed by atoms with van der Waals surface area (Å²) in [4.78, 5) is 14.5. The average Bonchev–Trinajstić information content (AvgIpc) is 3.30. The van der Waals surface area contributed by atoms with Crippen molar-refractivity contribution in [2.45, 2.75) is 19.8 Å². The highest BCUT2D eigenvalue weighted by Gasteiger charge is 2.13. The van der Waals surface area contributed by atoms with Crippen LogP contribution in [0, 0.1) is 6.92 Å². The van der Waals surface area contributed by atoms with Gasteiger partial charge in [0.05, 0.1) is 11.9 Å². The molecule has 30 heavy (non-hydrogen) atoms. The second kappa shape index (κ2) is 9.26. The zero-order valence-corrected chi connectivity index (χ0v) is 17.0. The van der Waals surface area contributed by atoms with Crippen molar-refractivity contribution < 1.29 is 9.53 Å². The molecule has 7 nitrogen and oxygen atoms in total. The molecule has 7 heteroatoms. The van der Waals surface area contributed by atoms with Gasteiger partial charge in [0.25, 0.3) is 5.91 Å². The van der Waals surface area contributed by atoms with E-state index in [4.69, 9.17) is 4.74 Å². The number of carbonyl (C=O) groups is 1. The Morgan fingerprint density at radius 1 is 1.07 bits per heavy atom. The summed E-state index contributed by atoms with van der Waals surface area (Å²) in [6, 6.07) is 17.1. The number of carbonyl (C=O) groups excluding carboxylic acids is 1. The molecule has 3 aromatic rings. The number of amides is 1. The van der Waals surface area contributed by atoms with Crippen LogP contribution in [0.4, 0.5) is 22.9 Å². The predicted octanol–water partition coefficient (Wildman–Crippen LogP) is 4.15. The van der Waals surface area contributed by atoms with Gasteiger partial charge >= 0.3 is 0 Å². The third-order valence-electron chi connectivity index (χ3n) is 5.00. The number of aryl methyl sites for hydroxylation is 1. The number of ether oxygens (including phenoxy) is 1. The van der Waals surface area contributed by atoms with E-state index in [1.165, 1.54) is 12.8 Å². The van der Waals surface area contributed by atoms with Crippen molar-refractivity contribution in [3.05, 3.63) is 66.4 Å². The van der Waals surface area contributed by atoms with Gasteiger partial charge < -0.3 is 20.3 Å². The molecular weight excluding hydrogens is 378 g/mol. The minimum atomic E-state index is -0.205. The molecule has 2 aromatic carbocycles. The van der Waals surface area contributed by atoms with Gasteiger partial charge in [0.15, 0.2) is 12.4 Å². The van der Waals surface area contributed by atoms with E-state index in [0.717, 1.165) is 30.0 Å². The van der Waals surface area contributed by atoms with Gasteiger partial charge in [0.2, 0.25) is 0 Å². The highest BCUT2D eigenvalue weighted by molar-refractivity contribution is 5.92. The van der Waals surface area contributed by atoms with Crippen LogP contribution in [0.15, 0.2) is 60.8 Å². The fourth-order valence-corrected chi connectivity index (χ4v) is 3.41. The lowest BCUT2D eigenvalue weighted by atomic mass is 10.2. The van der Waals surface area contributed by atoms with Crippen molar-refractivity contribution >= 4 is 28.8 Å². The number of rotatable bonds is 7. The Hall–Kier alpha value is -3.61. The summed E-state index contributed by atoms with van der Waals surface area (Å²) in [7, 11) is 0. The van der Waals surface area contributed by atoms with E-state index in [1.54, 1.807) is 6.20 Å². The maximum atomic E-state index is 12.2. The molecule has 1 saturated heterocycles. The molecule has 0 atom stereocenters. The van der Waals surface area contributed by atoms with E-state index in [2.05, 4.69) is 25.7 Å². The maximum Gasteiger partial charge on any atom is 0.262 e. The zero-order chi connectivity index (χ0) is 20.8. The summed E-state index contributed by atoms with van der Waals surface area (Å²) < 4.78 is 5.58. The number of para-hydroxylation sites is 1. The third-order valence-corrected chi connectivity index (χ3v) is 5.00. The molecule has 0 saturated carbocycles. The van der Waals surface area contributed by atoms with Crippen LogP contribution in [0.1, 0.15) is 18.4 Å². The topological polar surface area (TPSA) is 79.4 Å². The van der Waals surface area contributed by atoms with Crippen molar-refractivity contribution in [1.82, 2.24) is 10.2 Å². The van der Waals surface area contributed by atoms with Gasteiger partial charge in [0.1, 0.15) is 5.75 Å². The molecule has 154 valence electrons. The van der Waals surface area contributed by atoms with Crippen LogP contribution >= 0.6 is 0 Å². The summed E-state index contributed by atoms with van der Waals surface area (Å²) in [6.45, 7) is 4.04. The molecule has 4 rings (SSSR count). The first-order valence-electron chi connectivity index (χ1n) is 10.1. The Balaban J connectivity index is 1.31. The predicted molar refractivity (Wildman–Crippen MR) is 119 cm³/mol. The normalized spacial score (nSPS) is 13.2. The summed E-state index contributed by atoms with van der Waals surface area (Å²) in [5.41, 5.74) is 3.66. The summed E-state index contributed by atoms with van der Waals surface area (Å²) >= 11 is 0. The van der Waals surface area contributed by atoms with Gasteiger partial charge in [-0.2, -0.15) is 5.10 Å². The first-order valence-corrected chi connectivity index (χ1v) is 10.1. The molecular formula is C23H25N5O2. The Labute approximate surface area is 176 Å². The standard InChI is InChI=1S/C23H25N5O2/c1-17-6-2-3-7-21(17)30-16-23(29)26-19-10-8-18(9-11-19)25-22-14-20(15-24-27-22)28-12-4-5-13-28/h2-3,6-11,14-15H,4-5,12-13,16H2,1H3,(H,25,27)(H,26,29). The van der Waals surface area contributed by atoms with E-state index in [9.17, 15) is 4.79 Å². The van der Waals surface area contributed by atoms with Gasteiger partial charge in [-0.3, -0.25) is 4.79 Å². The molecule has 1 aliphatic heterocycles. The number of aromatic nitrogens is 2. The molecule has 0 bridgehead atoms. The minimum Gasteiger partial charge on any atom is -0.483 e. The van der Waals surface area contributed by atoms with Crippen LogP contribution in [0.3, 0.4) is 0 Å². The molecule has 1 aromatic heterocycles. The number of nitrogens with one attached hydrogen (secondary N) is 2. The summed E-state index contributed by atoms with van der Waals surface area (Å²) in [6.07, 6.45) is 4.23. The van der Waals surface area contributed by atoms with E-state index < -0.39 is 0 Å². The molecule has 0 spiro atoms. The zero-order valence-electron chi connectivity index (χ0n) is 17.0. The number of hydrogen-bond donors (Lipinski definition) is 2. The van der Waals surface area contributed by atoms with E-state index in [-0.39, 0.29) is 12.5 Å². The van der Waals surface area contributed by atoms with Gasteiger partial charge in [-0.1, -0.05) is 18.2 Å². The van der Waals surface area contributed by atoms with E-state index in [0.29, 0.717) is 17.3 Å². The summed E-state index contributed by atoms with van der Waals surface area (Å²) in [5.74, 6) is 1.20. The van der Waals surface area contributed by atoms with Crippen molar-refractivity contribution in [3.8, 4) is 5.75 Å². The number of benzene rings is 2. The maximum absolute atomic E-state index is 12.2. The van der Waals surface area contributed by atoms with E-state index >= 15 is 0 Å². The minimum absolute atomic E-state index is 0.0380. The summed E-state index contributed by atoms with van der Waals surface area (Å²) in [5, 5.41) is 14.4. The van der Waals surface area contributed by atoms with Crippen LogP contribution in [0.2, 0.25) is 0 Å². The Morgan fingerprint density at radius 3 is 2.57 bits per heavy atom. The molecule has 1 fully saturated rings. The smallest absolute Gasteiger partial charge is 0.262 e. The van der Waals surface area contributed by atoms with Crippen molar-refractivity contribution in [2.24, 2.45) is 0 Å². The van der Waals surface area contributed by atoms with Gasteiger partial charge in [-0.15, -0.1) is 5.10 Å². The molecule has 2 N–H and O–H groups in total. The Kier molecular flexibility index (Phi) is 6.08. The quantitative estimate of drug-likeness (QED) is 0.617. The first-order chi connectivity index (χ1) is 14.7. The molecule has 0 aliphatic carbocycles. The highest BCUT2D eigenvalue weighted by Crippen LogP contribution is 2.23. The van der Waals surface area contributed by atoms with E-state index in [1.807, 2.05) is 61.5 Å². The van der Waals surface area contributed by atoms with Crippen molar-refractivity contribution in [3.63, 3.8) is 0 Å². The van der Waals surface area contributed by atoms with Crippen LogP contribution < -0.4 is 20.3 Å². The highest BCUT2D eigenvalue weighted by atomic mass is 16.5. The first kappa shape index (κ1) is 19.7. The molecule has 1 amide bonds. The number of nitrogens with zero attached hydrogens (tertiary/aromatic N) is 3. The van der Waals surface area contributed by atoms with Crippen LogP contribution in [-0.2, 0) is 4.79 Å². The van der Waals surface area contributed by atoms with Gasteiger partial charge in [0, 0.05) is 30.5 Å². The second-order valence-electron chi connectivity index (χ2n) is 7.30.